The summed E-state index contributed by atoms with van der Waals surface area (Å²) in [6.45, 7) is 7.40. The Morgan fingerprint density at radius 1 is 1.26 bits per heavy atom. The van der Waals surface area contributed by atoms with Crippen LogP contribution < -0.4 is 22.1 Å². The maximum Gasteiger partial charge on any atom is 0.354 e. The predicted molar refractivity (Wildman–Crippen MR) is 172 cm³/mol. The fraction of sp³-hybridized carbons (Fsp3) is 0.344. The molecule has 0 radical (unpaired) electrons. The second-order valence-electron chi connectivity index (χ2n) is 10.7. The lowest BCUT2D eigenvalue weighted by molar-refractivity contribution is 0.176. The molecule has 4 aromatic rings. The molecule has 0 amide bonds. The summed E-state index contributed by atoms with van der Waals surface area (Å²) < 4.78 is 21.7. The molecule has 0 spiro atoms. The molecular formula is C32H39ClFN7O2. The highest BCUT2D eigenvalue weighted by molar-refractivity contribution is 6.31. The minimum atomic E-state index is -0.535. The van der Waals surface area contributed by atoms with Gasteiger partial charge in [-0.15, -0.1) is 6.58 Å². The molecule has 0 fully saturated rings. The summed E-state index contributed by atoms with van der Waals surface area (Å²) in [5.41, 5.74) is 9.36. The van der Waals surface area contributed by atoms with Crippen molar-refractivity contribution in [2.45, 2.75) is 51.2 Å². The van der Waals surface area contributed by atoms with Crippen molar-refractivity contribution in [3.05, 3.63) is 93.8 Å². The van der Waals surface area contributed by atoms with Crippen molar-refractivity contribution in [2.75, 3.05) is 20.3 Å². The zero-order valence-corrected chi connectivity index (χ0v) is 25.3. The molecule has 6 N–H and O–H groups in total. The number of methoxy groups -OCH3 is 1. The van der Waals surface area contributed by atoms with E-state index >= 15 is 4.39 Å². The van der Waals surface area contributed by atoms with E-state index in [1.807, 2.05) is 30.3 Å². The van der Waals surface area contributed by atoms with Gasteiger partial charge in [-0.1, -0.05) is 29.8 Å². The van der Waals surface area contributed by atoms with Crippen LogP contribution in [0, 0.1) is 11.2 Å². The van der Waals surface area contributed by atoms with Gasteiger partial charge in [-0.25, -0.2) is 9.18 Å². The van der Waals surface area contributed by atoms with Gasteiger partial charge < -0.3 is 26.1 Å². The summed E-state index contributed by atoms with van der Waals surface area (Å²) in [6.07, 6.45) is 6.64. The van der Waals surface area contributed by atoms with Gasteiger partial charge in [0.15, 0.2) is 5.82 Å². The molecule has 0 unspecified atom stereocenters. The normalized spacial score (nSPS) is 12.8. The number of aromatic amines is 1. The molecule has 11 heteroatoms. The number of hydrogen-bond donors (Lipinski definition) is 5. The zero-order valence-electron chi connectivity index (χ0n) is 24.6. The average Bonchev–Trinajstić information content (AvgIpc) is 3.39. The van der Waals surface area contributed by atoms with E-state index in [-0.39, 0.29) is 17.1 Å². The largest absolute Gasteiger partial charge is 0.383 e. The Balaban J connectivity index is 1.49. The zero-order chi connectivity index (χ0) is 30.9. The number of benzene rings is 2. The summed E-state index contributed by atoms with van der Waals surface area (Å²) in [7, 11) is 1.62. The van der Waals surface area contributed by atoms with E-state index in [1.165, 1.54) is 4.57 Å². The lowest BCUT2D eigenvalue weighted by atomic mass is 10.0. The number of nitrogens with two attached hydrogens (primary N) is 1. The van der Waals surface area contributed by atoms with Gasteiger partial charge in [0.2, 0.25) is 0 Å². The number of ether oxygens (including phenoxy) is 1. The van der Waals surface area contributed by atoms with Gasteiger partial charge in [0.1, 0.15) is 5.65 Å². The number of fused-ring (bicyclic) bond motifs is 1. The van der Waals surface area contributed by atoms with Crippen LogP contribution in [-0.4, -0.2) is 52.7 Å². The predicted octanol–water partition coefficient (Wildman–Crippen LogP) is 5.09. The Hall–Kier alpha value is -3.83. The van der Waals surface area contributed by atoms with Crippen molar-refractivity contribution in [3.8, 4) is 16.9 Å². The minimum Gasteiger partial charge on any atom is -0.383 e. The van der Waals surface area contributed by atoms with Crippen molar-refractivity contribution in [2.24, 2.45) is 5.73 Å². The molecular weight excluding hydrogens is 569 g/mol. The van der Waals surface area contributed by atoms with Crippen molar-refractivity contribution in [1.82, 2.24) is 25.2 Å². The number of amidine groups is 1. The van der Waals surface area contributed by atoms with E-state index < -0.39 is 11.5 Å². The van der Waals surface area contributed by atoms with E-state index in [9.17, 15) is 4.79 Å². The topological polar surface area (TPSA) is 134 Å². The summed E-state index contributed by atoms with van der Waals surface area (Å²) in [5.74, 6) is -0.0961. The fourth-order valence-corrected chi connectivity index (χ4v) is 5.16. The number of halogens is 2. The van der Waals surface area contributed by atoms with E-state index in [1.54, 1.807) is 38.4 Å². The summed E-state index contributed by atoms with van der Waals surface area (Å²) in [6, 6.07) is 12.9. The molecule has 0 saturated heterocycles. The quantitative estimate of drug-likeness (QED) is 0.0726. The van der Waals surface area contributed by atoms with Gasteiger partial charge in [-0.05, 0) is 74.1 Å². The first-order valence-electron chi connectivity index (χ1n) is 14.3. The first kappa shape index (κ1) is 32.1. The summed E-state index contributed by atoms with van der Waals surface area (Å²) >= 11 is 6.26. The molecule has 0 aliphatic heterocycles. The second kappa shape index (κ2) is 15.1. The molecule has 9 nitrogen and oxygen atoms in total. The third-order valence-corrected chi connectivity index (χ3v) is 7.50. The smallest absolute Gasteiger partial charge is 0.354 e. The van der Waals surface area contributed by atoms with Crippen LogP contribution in [0.2, 0.25) is 5.02 Å². The lowest BCUT2D eigenvalue weighted by Crippen LogP contribution is -2.31. The Morgan fingerprint density at radius 2 is 2.02 bits per heavy atom. The SMILES string of the molecule is C=C[C@@H](CCNC(C)=N)NCc1ccc(-n2cc3cc(-c4cc(CCC[C@@H](N)COC)cc(Cl)c4F)[nH]c3nc2=O)cc1. The molecule has 2 heterocycles. The Kier molecular flexibility index (Phi) is 11.2. The van der Waals surface area contributed by atoms with Crippen molar-refractivity contribution >= 4 is 28.5 Å². The Bertz CT molecular complexity index is 1620. The van der Waals surface area contributed by atoms with Gasteiger partial charge in [-0.2, -0.15) is 4.98 Å². The molecule has 0 bridgehead atoms. The summed E-state index contributed by atoms with van der Waals surface area (Å²) in [5, 5.41) is 14.6. The third kappa shape index (κ3) is 8.61. The van der Waals surface area contributed by atoms with Crippen LogP contribution >= 0.6 is 11.6 Å². The number of hydrogen-bond acceptors (Lipinski definition) is 6. The highest BCUT2D eigenvalue weighted by Gasteiger charge is 2.16. The van der Waals surface area contributed by atoms with Crippen LogP contribution in [0.25, 0.3) is 28.0 Å². The summed E-state index contributed by atoms with van der Waals surface area (Å²) in [4.78, 5) is 20.2. The monoisotopic (exact) mass is 607 g/mol. The number of nitrogens with zero attached hydrogens (tertiary/aromatic N) is 2. The van der Waals surface area contributed by atoms with Crippen molar-refractivity contribution in [3.63, 3.8) is 0 Å². The average molecular weight is 608 g/mol. The highest BCUT2D eigenvalue weighted by atomic mass is 35.5. The molecule has 0 aliphatic carbocycles. The Labute approximate surface area is 255 Å². The number of aryl methyl sites for hydroxylation is 1. The van der Waals surface area contributed by atoms with Crippen molar-refractivity contribution in [1.29, 1.82) is 5.41 Å². The Morgan fingerprint density at radius 3 is 2.72 bits per heavy atom. The van der Waals surface area contributed by atoms with Gasteiger partial charge >= 0.3 is 5.69 Å². The van der Waals surface area contributed by atoms with E-state index in [0.717, 1.165) is 30.4 Å². The van der Waals surface area contributed by atoms with Crippen molar-refractivity contribution < 1.29 is 9.13 Å². The van der Waals surface area contributed by atoms with E-state index in [0.29, 0.717) is 59.9 Å². The van der Waals surface area contributed by atoms with Gasteiger partial charge in [-0.3, -0.25) is 9.98 Å². The number of nitrogens with one attached hydrogen (secondary N) is 4. The standard InChI is InChI=1S/C32H39ClFN7O2/c1-4-25(12-13-37-20(2)35)38-17-21-8-10-26(11-9-21)41-18-23-16-29(39-31(23)40-32(41)42)27-14-22(15-28(33)30(27)34)6-5-7-24(36)19-43-3/h4,8-11,14-16,18,24-25,38H,1,5-7,12-13,17,19,36H2,2-3H3,(H2,35,37)(H,39,40,42)/t24-,25+/m1/s1. The van der Waals surface area contributed by atoms with E-state index in [2.05, 4.69) is 27.2 Å². The van der Waals surface area contributed by atoms with Crippen LogP contribution in [0.4, 0.5) is 4.39 Å². The molecule has 228 valence electrons. The number of rotatable bonds is 15. The first-order chi connectivity index (χ1) is 20.7. The molecule has 2 aromatic carbocycles. The highest BCUT2D eigenvalue weighted by Crippen LogP contribution is 2.31. The maximum absolute atomic E-state index is 15.1. The van der Waals surface area contributed by atoms with Crippen LogP contribution in [0.1, 0.15) is 37.3 Å². The van der Waals surface area contributed by atoms with Crippen LogP contribution in [0.5, 0.6) is 0 Å². The molecule has 2 aromatic heterocycles. The molecule has 0 aliphatic rings. The van der Waals surface area contributed by atoms with Gasteiger partial charge in [0, 0.05) is 49.4 Å². The molecule has 43 heavy (non-hydrogen) atoms. The van der Waals surface area contributed by atoms with Crippen LogP contribution in [0.3, 0.4) is 0 Å². The lowest BCUT2D eigenvalue weighted by Gasteiger charge is -2.15. The van der Waals surface area contributed by atoms with Crippen LogP contribution in [-0.2, 0) is 17.7 Å². The first-order valence-corrected chi connectivity index (χ1v) is 14.7. The van der Waals surface area contributed by atoms with Gasteiger partial charge in [0.25, 0.3) is 0 Å². The second-order valence-corrected chi connectivity index (χ2v) is 11.1. The van der Waals surface area contributed by atoms with Gasteiger partial charge in [0.05, 0.1) is 28.8 Å². The maximum atomic E-state index is 15.1. The van der Waals surface area contributed by atoms with E-state index in [4.69, 9.17) is 27.5 Å². The third-order valence-electron chi connectivity index (χ3n) is 7.22. The molecule has 2 atom stereocenters. The minimum absolute atomic E-state index is 0.0343. The molecule has 4 rings (SSSR count). The number of H-pyrrole nitrogens is 1. The molecule has 0 saturated carbocycles. The number of aromatic nitrogens is 3. The van der Waals surface area contributed by atoms with Crippen LogP contribution in [0.15, 0.2) is 66.1 Å². The fourth-order valence-electron chi connectivity index (χ4n) is 4.92.